The summed E-state index contributed by atoms with van der Waals surface area (Å²) < 4.78 is 1.81. The number of amides is 1. The van der Waals surface area contributed by atoms with Crippen LogP contribution in [-0.4, -0.2) is 38.6 Å². The number of hydrogen-bond acceptors (Lipinski definition) is 5. The van der Waals surface area contributed by atoms with E-state index in [2.05, 4.69) is 34.6 Å². The summed E-state index contributed by atoms with van der Waals surface area (Å²) in [6.45, 7) is 4.12. The smallest absolute Gasteiger partial charge is 0.255 e. The number of carbonyl (C=O) groups is 1. The molecular formula is C22H28N6O. The van der Waals surface area contributed by atoms with Crippen LogP contribution in [0.5, 0.6) is 0 Å². The maximum atomic E-state index is 13.1. The highest BCUT2D eigenvalue weighted by Gasteiger charge is 2.23. The van der Waals surface area contributed by atoms with Crippen molar-refractivity contribution in [1.29, 1.82) is 0 Å². The molecule has 7 heteroatoms. The van der Waals surface area contributed by atoms with E-state index in [4.69, 9.17) is 5.73 Å². The predicted octanol–water partition coefficient (Wildman–Crippen LogP) is 3.22. The van der Waals surface area contributed by atoms with E-state index in [-0.39, 0.29) is 24.0 Å². The third-order valence-electron chi connectivity index (χ3n) is 5.42. The molecular weight excluding hydrogens is 364 g/mol. The molecule has 0 spiro atoms. The standard InChI is InChI=1S/C22H28N6O/c1-14(2)26-21-19(22(29)27-18-7-5-17(23)6-8-18)12-25-28-13-16(10-20(21)28)15-4-3-9-24-11-15/h3-4,9-14,17-18,26H,5-8,23H2,1-2H3,(H,27,29)/t17-,18-. The molecule has 0 bridgehead atoms. The van der Waals surface area contributed by atoms with E-state index in [1.807, 2.05) is 35.1 Å². The normalized spacial score (nSPS) is 19.4. The van der Waals surface area contributed by atoms with Crippen molar-refractivity contribution in [2.24, 2.45) is 5.73 Å². The van der Waals surface area contributed by atoms with Crippen LogP contribution < -0.4 is 16.4 Å². The first-order valence-electron chi connectivity index (χ1n) is 10.3. The summed E-state index contributed by atoms with van der Waals surface area (Å²) in [7, 11) is 0. The van der Waals surface area contributed by atoms with Crippen LogP contribution in [0.4, 0.5) is 5.69 Å². The van der Waals surface area contributed by atoms with Gasteiger partial charge in [-0.3, -0.25) is 9.78 Å². The summed E-state index contributed by atoms with van der Waals surface area (Å²) >= 11 is 0. The second-order valence-corrected chi connectivity index (χ2v) is 8.12. The molecule has 0 aliphatic heterocycles. The molecule has 152 valence electrons. The molecule has 1 saturated carbocycles. The van der Waals surface area contributed by atoms with Gasteiger partial charge >= 0.3 is 0 Å². The van der Waals surface area contributed by atoms with Crippen LogP contribution >= 0.6 is 0 Å². The SMILES string of the molecule is CC(C)Nc1c(C(=O)N[C@H]2CC[C@H](N)CC2)cnn2cc(-c3cccnc3)cc12. The molecule has 1 aliphatic carbocycles. The van der Waals surface area contributed by atoms with Crippen molar-refractivity contribution in [3.63, 3.8) is 0 Å². The van der Waals surface area contributed by atoms with Crippen LogP contribution in [0.25, 0.3) is 16.6 Å². The highest BCUT2D eigenvalue weighted by molar-refractivity contribution is 6.03. The minimum Gasteiger partial charge on any atom is -0.380 e. The lowest BCUT2D eigenvalue weighted by molar-refractivity contribution is 0.0926. The predicted molar refractivity (Wildman–Crippen MR) is 115 cm³/mol. The largest absolute Gasteiger partial charge is 0.380 e. The van der Waals surface area contributed by atoms with Gasteiger partial charge in [-0.2, -0.15) is 5.10 Å². The van der Waals surface area contributed by atoms with Crippen LogP contribution in [0.1, 0.15) is 49.9 Å². The Morgan fingerprint density at radius 1 is 1.21 bits per heavy atom. The average Bonchev–Trinajstić information content (AvgIpc) is 3.15. The van der Waals surface area contributed by atoms with E-state index in [1.165, 1.54) is 0 Å². The van der Waals surface area contributed by atoms with Crippen LogP contribution in [-0.2, 0) is 0 Å². The fourth-order valence-corrected chi connectivity index (χ4v) is 3.89. The van der Waals surface area contributed by atoms with Crippen molar-refractivity contribution in [1.82, 2.24) is 19.9 Å². The number of rotatable bonds is 5. The third kappa shape index (κ3) is 4.24. The third-order valence-corrected chi connectivity index (χ3v) is 5.42. The lowest BCUT2D eigenvalue weighted by atomic mass is 9.91. The Labute approximate surface area is 170 Å². The summed E-state index contributed by atoms with van der Waals surface area (Å²) in [5.41, 5.74) is 10.3. The first-order valence-corrected chi connectivity index (χ1v) is 10.3. The maximum Gasteiger partial charge on any atom is 0.255 e. The molecule has 3 aromatic heterocycles. The van der Waals surface area contributed by atoms with Crippen molar-refractivity contribution < 1.29 is 4.79 Å². The number of hydrogen-bond donors (Lipinski definition) is 3. The second kappa shape index (κ2) is 8.21. The Morgan fingerprint density at radius 3 is 2.69 bits per heavy atom. The molecule has 7 nitrogen and oxygen atoms in total. The number of fused-ring (bicyclic) bond motifs is 1. The Hall–Kier alpha value is -2.93. The fourth-order valence-electron chi connectivity index (χ4n) is 3.89. The molecule has 0 atom stereocenters. The summed E-state index contributed by atoms with van der Waals surface area (Å²) in [6.07, 6.45) is 10.9. The lowest BCUT2D eigenvalue weighted by Crippen LogP contribution is -2.40. The van der Waals surface area contributed by atoms with Gasteiger partial charge in [0.05, 0.1) is 23.0 Å². The Morgan fingerprint density at radius 2 is 2.00 bits per heavy atom. The molecule has 29 heavy (non-hydrogen) atoms. The van der Waals surface area contributed by atoms with Crippen molar-refractivity contribution in [3.8, 4) is 11.1 Å². The molecule has 4 N–H and O–H groups in total. The van der Waals surface area contributed by atoms with Gasteiger partial charge in [0.1, 0.15) is 0 Å². The van der Waals surface area contributed by atoms with Crippen molar-refractivity contribution in [3.05, 3.63) is 48.5 Å². The van der Waals surface area contributed by atoms with E-state index >= 15 is 0 Å². The summed E-state index contributed by atoms with van der Waals surface area (Å²) in [5.74, 6) is -0.0900. The maximum absolute atomic E-state index is 13.1. The van der Waals surface area contributed by atoms with Gasteiger partial charge in [0.25, 0.3) is 5.91 Å². The van der Waals surface area contributed by atoms with Crippen molar-refractivity contribution in [2.45, 2.75) is 57.7 Å². The molecule has 0 unspecified atom stereocenters. The van der Waals surface area contributed by atoms with Gasteiger partial charge in [-0.25, -0.2) is 4.52 Å². The second-order valence-electron chi connectivity index (χ2n) is 8.12. The van der Waals surface area contributed by atoms with Crippen LogP contribution in [0.3, 0.4) is 0 Å². The number of aromatic nitrogens is 3. The monoisotopic (exact) mass is 392 g/mol. The molecule has 1 fully saturated rings. The number of nitrogens with one attached hydrogen (secondary N) is 2. The van der Waals surface area contributed by atoms with Gasteiger partial charge in [-0.05, 0) is 51.7 Å². The van der Waals surface area contributed by atoms with Crippen LogP contribution in [0, 0.1) is 0 Å². The van der Waals surface area contributed by atoms with Crippen molar-refractivity contribution in [2.75, 3.05) is 5.32 Å². The quantitative estimate of drug-likeness (QED) is 0.619. The van der Waals surface area contributed by atoms with Gasteiger partial charge in [0.15, 0.2) is 0 Å². The average molecular weight is 393 g/mol. The summed E-state index contributed by atoms with van der Waals surface area (Å²) in [6, 6.07) is 6.57. The first kappa shape index (κ1) is 19.4. The van der Waals surface area contributed by atoms with Gasteiger partial charge in [0.2, 0.25) is 0 Å². The minimum atomic E-state index is -0.0900. The topological polar surface area (TPSA) is 97.3 Å². The number of nitrogens with zero attached hydrogens (tertiary/aromatic N) is 3. The minimum absolute atomic E-state index is 0.0900. The van der Waals surface area contributed by atoms with Gasteiger partial charge in [-0.1, -0.05) is 6.07 Å². The van der Waals surface area contributed by atoms with E-state index in [1.54, 1.807) is 12.4 Å². The molecule has 1 aliphatic rings. The zero-order chi connectivity index (χ0) is 20.4. The zero-order valence-corrected chi connectivity index (χ0v) is 16.9. The summed E-state index contributed by atoms with van der Waals surface area (Å²) in [5, 5.41) is 11.1. The molecule has 1 amide bonds. The number of anilines is 1. The molecule has 0 aromatic carbocycles. The highest BCUT2D eigenvalue weighted by atomic mass is 16.1. The van der Waals surface area contributed by atoms with Gasteiger partial charge < -0.3 is 16.4 Å². The van der Waals surface area contributed by atoms with Crippen molar-refractivity contribution >= 4 is 17.1 Å². The molecule has 4 rings (SSSR count). The summed E-state index contributed by atoms with van der Waals surface area (Å²) in [4.78, 5) is 17.3. The molecule has 3 heterocycles. The molecule has 0 radical (unpaired) electrons. The van der Waals surface area contributed by atoms with E-state index in [9.17, 15) is 4.79 Å². The fraction of sp³-hybridized carbons (Fsp3) is 0.409. The lowest BCUT2D eigenvalue weighted by Gasteiger charge is -2.27. The Balaban J connectivity index is 1.68. The van der Waals surface area contributed by atoms with Gasteiger partial charge in [0, 0.05) is 47.8 Å². The van der Waals surface area contributed by atoms with Crippen LogP contribution in [0.15, 0.2) is 43.0 Å². The van der Waals surface area contributed by atoms with E-state index in [0.717, 1.165) is 48.0 Å². The number of pyridine rings is 1. The van der Waals surface area contributed by atoms with E-state index < -0.39 is 0 Å². The number of carbonyl (C=O) groups excluding carboxylic acids is 1. The zero-order valence-electron chi connectivity index (χ0n) is 16.9. The number of nitrogens with two attached hydrogens (primary N) is 1. The van der Waals surface area contributed by atoms with Crippen LogP contribution in [0.2, 0.25) is 0 Å². The Kier molecular flexibility index (Phi) is 5.49. The molecule has 0 saturated heterocycles. The Bertz CT molecular complexity index is 989. The highest BCUT2D eigenvalue weighted by Crippen LogP contribution is 2.29. The molecule has 3 aromatic rings. The van der Waals surface area contributed by atoms with Gasteiger partial charge in [-0.15, -0.1) is 0 Å². The first-order chi connectivity index (χ1) is 14.0. The van der Waals surface area contributed by atoms with E-state index in [0.29, 0.717) is 5.56 Å².